The molecule has 0 bridgehead atoms. The van der Waals surface area contributed by atoms with E-state index in [1.807, 2.05) is 0 Å². The standard InChI is InChI=1S/C10H5Cl2NO2/c11-5-2-1-3-6(12)9(5)13-7-4-8(14)10(7)15/h1-4,13H. The molecule has 1 N–H and O–H groups in total. The minimum Gasteiger partial charge on any atom is -0.350 e. The average Bonchev–Trinajstić information content (AvgIpc) is 2.21. The van der Waals surface area contributed by atoms with Gasteiger partial charge < -0.3 is 5.32 Å². The van der Waals surface area contributed by atoms with Crippen LogP contribution in [0.3, 0.4) is 0 Å². The van der Waals surface area contributed by atoms with Gasteiger partial charge in [-0.1, -0.05) is 29.3 Å². The molecule has 76 valence electrons. The first-order valence-electron chi connectivity index (χ1n) is 4.11. The third-order valence-electron chi connectivity index (χ3n) is 1.97. The van der Waals surface area contributed by atoms with Gasteiger partial charge in [-0.15, -0.1) is 0 Å². The van der Waals surface area contributed by atoms with Crippen molar-refractivity contribution in [3.8, 4) is 0 Å². The fourth-order valence-corrected chi connectivity index (χ4v) is 1.65. The Labute approximate surface area is 94.9 Å². The van der Waals surface area contributed by atoms with Crippen molar-refractivity contribution < 1.29 is 0 Å². The minimum absolute atomic E-state index is 0.218. The highest BCUT2D eigenvalue weighted by Crippen LogP contribution is 2.31. The van der Waals surface area contributed by atoms with Crippen LogP contribution in [0.25, 0.3) is 0 Å². The van der Waals surface area contributed by atoms with Crippen molar-refractivity contribution in [3.05, 3.63) is 54.8 Å². The molecule has 2 rings (SSSR count). The Kier molecular flexibility index (Phi) is 2.50. The summed E-state index contributed by atoms with van der Waals surface area (Å²) in [4.78, 5) is 21.7. The van der Waals surface area contributed by atoms with Crippen molar-refractivity contribution in [2.45, 2.75) is 0 Å². The van der Waals surface area contributed by atoms with Crippen LogP contribution in [0.2, 0.25) is 10.0 Å². The normalized spacial score (nSPS) is 10.5. The van der Waals surface area contributed by atoms with E-state index in [0.717, 1.165) is 0 Å². The molecule has 0 saturated carbocycles. The molecule has 0 unspecified atom stereocenters. The number of para-hydroxylation sites is 1. The van der Waals surface area contributed by atoms with Gasteiger partial charge in [0.05, 0.1) is 21.4 Å². The number of hydrogen-bond donors (Lipinski definition) is 1. The van der Waals surface area contributed by atoms with Crippen LogP contribution in [0.4, 0.5) is 11.4 Å². The summed E-state index contributed by atoms with van der Waals surface area (Å²) in [5, 5.41) is 3.52. The highest BCUT2D eigenvalue weighted by Gasteiger charge is 2.12. The molecule has 2 aromatic rings. The second kappa shape index (κ2) is 3.68. The highest BCUT2D eigenvalue weighted by atomic mass is 35.5. The van der Waals surface area contributed by atoms with Crippen LogP contribution in [0.1, 0.15) is 0 Å². The second-order valence-electron chi connectivity index (χ2n) is 2.97. The van der Waals surface area contributed by atoms with E-state index in [-0.39, 0.29) is 5.69 Å². The maximum Gasteiger partial charge on any atom is 0.249 e. The van der Waals surface area contributed by atoms with Crippen molar-refractivity contribution in [2.24, 2.45) is 0 Å². The third-order valence-corrected chi connectivity index (χ3v) is 2.60. The predicted octanol–water partition coefficient (Wildman–Crippen LogP) is 2.33. The molecule has 2 aromatic carbocycles. The third kappa shape index (κ3) is 1.76. The zero-order valence-corrected chi connectivity index (χ0v) is 8.89. The molecule has 0 amide bonds. The van der Waals surface area contributed by atoms with E-state index in [4.69, 9.17) is 23.2 Å². The average molecular weight is 242 g/mol. The molecule has 0 aliphatic carbocycles. The summed E-state index contributed by atoms with van der Waals surface area (Å²) in [5.41, 5.74) is -0.408. The van der Waals surface area contributed by atoms with Gasteiger partial charge in [0.15, 0.2) is 0 Å². The van der Waals surface area contributed by atoms with Gasteiger partial charge in [-0.05, 0) is 12.1 Å². The number of rotatable bonds is 2. The number of nitrogens with one attached hydrogen (secondary N) is 1. The van der Waals surface area contributed by atoms with E-state index < -0.39 is 10.9 Å². The van der Waals surface area contributed by atoms with Gasteiger partial charge in [-0.3, -0.25) is 9.59 Å². The first kappa shape index (κ1) is 10.2. The Hall–Kier alpha value is -1.32. The van der Waals surface area contributed by atoms with Crippen molar-refractivity contribution in [1.29, 1.82) is 0 Å². The van der Waals surface area contributed by atoms with Crippen molar-refractivity contribution in [2.75, 3.05) is 5.32 Å². The van der Waals surface area contributed by atoms with Gasteiger partial charge in [0, 0.05) is 6.07 Å². The molecule has 0 atom stereocenters. The zero-order chi connectivity index (χ0) is 11.0. The van der Waals surface area contributed by atoms with E-state index in [2.05, 4.69) is 5.32 Å². The fraction of sp³-hybridized carbons (Fsp3) is 0. The smallest absolute Gasteiger partial charge is 0.249 e. The van der Waals surface area contributed by atoms with Crippen LogP contribution in [-0.2, 0) is 0 Å². The summed E-state index contributed by atoms with van der Waals surface area (Å²) in [7, 11) is 0. The molecule has 0 aliphatic rings. The Bertz CT molecular complexity index is 565. The number of hydrogen-bond acceptors (Lipinski definition) is 3. The largest absolute Gasteiger partial charge is 0.350 e. The summed E-state index contributed by atoms with van der Waals surface area (Å²) >= 11 is 11.7. The van der Waals surface area contributed by atoms with Crippen molar-refractivity contribution in [3.63, 3.8) is 0 Å². The van der Waals surface area contributed by atoms with Gasteiger partial charge in [0.25, 0.3) is 0 Å². The van der Waals surface area contributed by atoms with E-state index in [9.17, 15) is 9.59 Å². The molecule has 0 aliphatic heterocycles. The van der Waals surface area contributed by atoms with Crippen LogP contribution in [0.15, 0.2) is 33.9 Å². The fourth-order valence-electron chi connectivity index (χ4n) is 1.16. The van der Waals surface area contributed by atoms with Gasteiger partial charge in [0.2, 0.25) is 10.9 Å². The topological polar surface area (TPSA) is 46.2 Å². The van der Waals surface area contributed by atoms with E-state index >= 15 is 0 Å². The molecule has 0 aromatic heterocycles. The molecule has 15 heavy (non-hydrogen) atoms. The monoisotopic (exact) mass is 241 g/mol. The van der Waals surface area contributed by atoms with E-state index in [1.54, 1.807) is 18.2 Å². The predicted molar refractivity (Wildman–Crippen MR) is 61.1 cm³/mol. The Morgan fingerprint density at radius 1 is 1.07 bits per heavy atom. The first-order valence-corrected chi connectivity index (χ1v) is 4.86. The lowest BCUT2D eigenvalue weighted by molar-refractivity contribution is 1.38. The lowest BCUT2D eigenvalue weighted by atomic mass is 10.2. The van der Waals surface area contributed by atoms with E-state index in [1.165, 1.54) is 6.07 Å². The highest BCUT2D eigenvalue weighted by molar-refractivity contribution is 6.39. The van der Waals surface area contributed by atoms with Gasteiger partial charge in [-0.2, -0.15) is 0 Å². The SMILES string of the molecule is O=c1cc(Nc2c(Cl)cccc2Cl)c1=O. The van der Waals surface area contributed by atoms with Crippen LogP contribution < -0.4 is 16.2 Å². The van der Waals surface area contributed by atoms with Gasteiger partial charge >= 0.3 is 0 Å². The van der Waals surface area contributed by atoms with Gasteiger partial charge in [-0.25, -0.2) is 0 Å². The number of anilines is 2. The van der Waals surface area contributed by atoms with Crippen molar-refractivity contribution in [1.82, 2.24) is 0 Å². The summed E-state index contributed by atoms with van der Waals surface area (Å²) in [6, 6.07) is 6.18. The summed E-state index contributed by atoms with van der Waals surface area (Å²) < 4.78 is 0. The molecule has 0 heterocycles. The zero-order valence-electron chi connectivity index (χ0n) is 7.38. The maximum atomic E-state index is 11.0. The quantitative estimate of drug-likeness (QED) is 0.822. The maximum absolute atomic E-state index is 11.0. The lowest BCUT2D eigenvalue weighted by Gasteiger charge is -2.09. The number of benzene rings is 1. The second-order valence-corrected chi connectivity index (χ2v) is 3.79. The lowest BCUT2D eigenvalue weighted by Crippen LogP contribution is -2.31. The Morgan fingerprint density at radius 2 is 1.67 bits per heavy atom. The Balaban J connectivity index is 2.38. The summed E-state index contributed by atoms with van der Waals surface area (Å²) in [6.45, 7) is 0. The molecule has 0 spiro atoms. The molecule has 5 heteroatoms. The molecule has 0 saturated heterocycles. The van der Waals surface area contributed by atoms with Crippen molar-refractivity contribution >= 4 is 34.6 Å². The van der Waals surface area contributed by atoms with Gasteiger partial charge in [0.1, 0.15) is 0 Å². The van der Waals surface area contributed by atoms with Crippen LogP contribution in [0, 0.1) is 0 Å². The molecule has 0 fully saturated rings. The van der Waals surface area contributed by atoms with Crippen LogP contribution in [-0.4, -0.2) is 0 Å². The first-order chi connectivity index (χ1) is 7.09. The summed E-state index contributed by atoms with van der Waals surface area (Å²) in [5.74, 6) is 0. The van der Waals surface area contributed by atoms with Crippen LogP contribution in [0.5, 0.6) is 0 Å². The van der Waals surface area contributed by atoms with Crippen LogP contribution >= 0.6 is 23.2 Å². The molecule has 3 nitrogen and oxygen atoms in total. The molecular formula is C10H5Cl2NO2. The molecular weight excluding hydrogens is 237 g/mol. The van der Waals surface area contributed by atoms with E-state index in [0.29, 0.717) is 15.7 Å². The Morgan fingerprint density at radius 3 is 2.13 bits per heavy atom. The molecule has 0 radical (unpaired) electrons. The summed E-state index contributed by atoms with van der Waals surface area (Å²) in [6.07, 6.45) is 0. The number of halogens is 2. The minimum atomic E-state index is -0.550.